The number of piperidine rings is 3. The Bertz CT molecular complexity index is 329. The minimum Gasteiger partial charge on any atom is -1.00 e. The van der Waals surface area contributed by atoms with Gasteiger partial charge in [0.1, 0.15) is 0 Å². The number of hydrogen-bond acceptors (Lipinski definition) is 5. The van der Waals surface area contributed by atoms with Crippen LogP contribution in [-0.4, -0.2) is 84.3 Å². The Balaban J connectivity index is 0.00000196. The Morgan fingerprint density at radius 1 is 0.423 bits per heavy atom. The fourth-order valence-corrected chi connectivity index (χ4v) is 10.6. The van der Waals surface area contributed by atoms with Gasteiger partial charge in [0, 0.05) is 39.3 Å². The first-order chi connectivity index (χ1) is 12.4. The Kier molecular flexibility index (Phi) is 8.45. The smallest absolute Gasteiger partial charge is 0.308 e. The van der Waals surface area contributed by atoms with Gasteiger partial charge in [-0.3, -0.25) is 0 Å². The van der Waals surface area contributed by atoms with E-state index in [2.05, 4.69) is 18.7 Å². The monoisotopic (exact) mass is 404 g/mol. The molecule has 0 radical (unpaired) electrons. The van der Waals surface area contributed by atoms with Crippen molar-refractivity contribution in [2.75, 3.05) is 65.6 Å². The second-order valence-corrected chi connectivity index (χ2v) is 11.5. The van der Waals surface area contributed by atoms with Gasteiger partial charge < -0.3 is 17.1 Å². The van der Waals surface area contributed by atoms with Crippen molar-refractivity contribution in [3.05, 3.63) is 0 Å². The van der Waals surface area contributed by atoms with Gasteiger partial charge in [-0.2, -0.15) is 0 Å². The van der Waals surface area contributed by atoms with E-state index in [1.807, 2.05) is 0 Å². The van der Waals surface area contributed by atoms with E-state index in [0.29, 0.717) is 0 Å². The minimum atomic E-state index is -1.54. The van der Waals surface area contributed by atoms with Crippen LogP contribution in [0.5, 0.6) is 0 Å². The molecule has 0 unspecified atom stereocenters. The molecule has 4 fully saturated rings. The summed E-state index contributed by atoms with van der Waals surface area (Å²) in [6.07, 6.45) is 12.7. The predicted molar refractivity (Wildman–Crippen MR) is 106 cm³/mol. The lowest BCUT2D eigenvalue weighted by Crippen LogP contribution is -3.00. The number of halogens is 1. The highest BCUT2D eigenvalue weighted by atomic mass is 35.5. The zero-order valence-corrected chi connectivity index (χ0v) is 18.1. The van der Waals surface area contributed by atoms with Crippen LogP contribution in [-0.2, 0) is 4.74 Å². The van der Waals surface area contributed by atoms with E-state index >= 15 is 0 Å². The summed E-state index contributed by atoms with van der Waals surface area (Å²) in [5.74, 6) is 0. The topological polar surface area (TPSA) is 22.2 Å². The van der Waals surface area contributed by atoms with Gasteiger partial charge in [-0.25, -0.2) is 0 Å². The molecule has 0 N–H and O–H groups in total. The van der Waals surface area contributed by atoms with Crippen LogP contribution in [0, 0.1) is 0 Å². The Hall–Kier alpha value is 0.520. The standard InChI is InChI=1S/C19H38N4OP.ClH/c1-4-10-20(11-5-1)25(21-12-6-2-7-13-21,22-14-8-3-9-15-22)23-16-18-24-19-17-23;/h1-19H2;1H/q+1;/p-1. The summed E-state index contributed by atoms with van der Waals surface area (Å²) in [5, 5.41) is 0. The SMILES string of the molecule is C1CCN([P+](N2CCCCC2)(N2CCCCC2)N2CCOCC2)CC1.[Cl-]. The van der Waals surface area contributed by atoms with Gasteiger partial charge in [0.15, 0.2) is 0 Å². The highest BCUT2D eigenvalue weighted by Gasteiger charge is 2.61. The van der Waals surface area contributed by atoms with Crippen molar-refractivity contribution in [3.63, 3.8) is 0 Å². The van der Waals surface area contributed by atoms with Crippen LogP contribution < -0.4 is 12.4 Å². The van der Waals surface area contributed by atoms with E-state index in [9.17, 15) is 0 Å². The Morgan fingerprint density at radius 2 is 0.731 bits per heavy atom. The van der Waals surface area contributed by atoms with E-state index in [1.54, 1.807) is 0 Å². The van der Waals surface area contributed by atoms with Crippen LogP contribution >= 0.6 is 7.87 Å². The summed E-state index contributed by atoms with van der Waals surface area (Å²) in [7, 11) is -1.54. The molecule has 4 saturated heterocycles. The molecule has 5 nitrogen and oxygen atoms in total. The fourth-order valence-electron chi connectivity index (χ4n) is 5.33. The zero-order valence-electron chi connectivity index (χ0n) is 16.5. The Labute approximate surface area is 167 Å². The van der Waals surface area contributed by atoms with Crippen LogP contribution in [0.15, 0.2) is 0 Å². The van der Waals surface area contributed by atoms with Gasteiger partial charge in [-0.05, 0) is 38.5 Å². The van der Waals surface area contributed by atoms with Crippen molar-refractivity contribution in [2.45, 2.75) is 57.8 Å². The molecule has 0 aromatic rings. The van der Waals surface area contributed by atoms with E-state index in [4.69, 9.17) is 4.74 Å². The van der Waals surface area contributed by atoms with E-state index in [-0.39, 0.29) is 12.4 Å². The third-order valence-corrected chi connectivity index (χ3v) is 11.1. The van der Waals surface area contributed by atoms with E-state index in [0.717, 1.165) is 26.3 Å². The summed E-state index contributed by atoms with van der Waals surface area (Å²) in [6.45, 7) is 12.0. The molecule has 0 saturated carbocycles. The fraction of sp³-hybridized carbons (Fsp3) is 1.00. The second kappa shape index (κ2) is 10.3. The Morgan fingerprint density at radius 3 is 1.08 bits per heavy atom. The molecule has 4 aliphatic rings. The molecule has 0 aromatic carbocycles. The third-order valence-electron chi connectivity index (χ3n) is 6.50. The summed E-state index contributed by atoms with van der Waals surface area (Å²) in [4.78, 5) is 0. The van der Waals surface area contributed by atoms with Crippen LogP contribution in [0.3, 0.4) is 0 Å². The van der Waals surface area contributed by atoms with Crippen molar-refractivity contribution in [1.29, 1.82) is 0 Å². The number of hydrogen-bond donors (Lipinski definition) is 0. The molecule has 4 aliphatic heterocycles. The molecule has 0 aliphatic carbocycles. The molecule has 4 heterocycles. The largest absolute Gasteiger partial charge is 1.00 e. The summed E-state index contributed by atoms with van der Waals surface area (Å²) < 4.78 is 17.6. The summed E-state index contributed by atoms with van der Waals surface area (Å²) >= 11 is 0. The predicted octanol–water partition coefficient (Wildman–Crippen LogP) is 0.458. The van der Waals surface area contributed by atoms with Gasteiger partial charge in [-0.15, -0.1) is 18.7 Å². The molecule has 152 valence electrons. The second-order valence-electron chi connectivity index (χ2n) is 8.15. The van der Waals surface area contributed by atoms with Gasteiger partial charge >= 0.3 is 7.87 Å². The normalized spacial score (nSPS) is 28.6. The quantitative estimate of drug-likeness (QED) is 0.633. The molecular formula is C19H38ClN4OP. The molecular weight excluding hydrogens is 367 g/mol. The first kappa shape index (κ1) is 21.2. The summed E-state index contributed by atoms with van der Waals surface area (Å²) in [5.41, 5.74) is 0. The van der Waals surface area contributed by atoms with Crippen molar-refractivity contribution in [3.8, 4) is 0 Å². The third kappa shape index (κ3) is 4.25. The number of ether oxygens (including phenoxy) is 1. The maximum atomic E-state index is 5.78. The lowest BCUT2D eigenvalue weighted by molar-refractivity contribution is -0.00000610. The molecule has 0 spiro atoms. The van der Waals surface area contributed by atoms with Crippen LogP contribution in [0.25, 0.3) is 0 Å². The average Bonchev–Trinajstić information content (AvgIpc) is 2.72. The van der Waals surface area contributed by atoms with Gasteiger partial charge in [-0.1, -0.05) is 19.3 Å². The zero-order chi connectivity index (χ0) is 17.0. The number of rotatable bonds is 4. The first-order valence-electron chi connectivity index (χ1n) is 10.9. The van der Waals surface area contributed by atoms with Crippen molar-refractivity contribution in [2.24, 2.45) is 0 Å². The average molecular weight is 405 g/mol. The highest BCUT2D eigenvalue weighted by Crippen LogP contribution is 2.71. The maximum Gasteiger partial charge on any atom is 0.308 e. The van der Waals surface area contributed by atoms with Gasteiger partial charge in [0.2, 0.25) is 0 Å². The molecule has 26 heavy (non-hydrogen) atoms. The maximum absolute atomic E-state index is 5.78. The van der Waals surface area contributed by atoms with E-state index in [1.165, 1.54) is 97.1 Å². The molecule has 0 bridgehead atoms. The molecule has 0 amide bonds. The highest BCUT2D eigenvalue weighted by molar-refractivity contribution is 7.66. The van der Waals surface area contributed by atoms with Crippen molar-refractivity contribution in [1.82, 2.24) is 18.7 Å². The van der Waals surface area contributed by atoms with E-state index < -0.39 is 7.87 Å². The van der Waals surface area contributed by atoms with Crippen LogP contribution in [0.4, 0.5) is 0 Å². The lowest BCUT2D eigenvalue weighted by Gasteiger charge is -2.54. The lowest BCUT2D eigenvalue weighted by atomic mass is 10.2. The molecule has 7 heteroatoms. The van der Waals surface area contributed by atoms with Gasteiger partial charge in [0.05, 0.1) is 26.3 Å². The van der Waals surface area contributed by atoms with Gasteiger partial charge in [0.25, 0.3) is 0 Å². The number of nitrogens with zero attached hydrogens (tertiary/aromatic N) is 4. The summed E-state index contributed by atoms with van der Waals surface area (Å²) in [6, 6.07) is 0. The number of morpholine rings is 1. The van der Waals surface area contributed by atoms with Crippen LogP contribution in [0.1, 0.15) is 57.8 Å². The minimum absolute atomic E-state index is 0. The molecule has 4 rings (SSSR count). The first-order valence-corrected chi connectivity index (χ1v) is 12.5. The van der Waals surface area contributed by atoms with Crippen molar-refractivity contribution >= 4 is 7.87 Å². The molecule has 0 atom stereocenters. The van der Waals surface area contributed by atoms with Crippen molar-refractivity contribution < 1.29 is 17.1 Å². The molecule has 0 aromatic heterocycles. The van der Waals surface area contributed by atoms with Crippen LogP contribution in [0.2, 0.25) is 0 Å².